The Morgan fingerprint density at radius 2 is 2.13 bits per heavy atom. The zero-order chi connectivity index (χ0) is 20.7. The van der Waals surface area contributed by atoms with E-state index in [9.17, 15) is 9.35 Å². The van der Waals surface area contributed by atoms with E-state index >= 15 is 0 Å². The van der Waals surface area contributed by atoms with Crippen LogP contribution in [0.25, 0.3) is 0 Å². The topological polar surface area (TPSA) is 138 Å². The molecule has 5 rings (SSSR count). The van der Waals surface area contributed by atoms with Crippen molar-refractivity contribution in [2.24, 2.45) is 0 Å². The van der Waals surface area contributed by atoms with Crippen LogP contribution in [0.15, 0.2) is 11.1 Å². The molecule has 12 heteroatoms. The molecule has 1 atom stereocenters. The molecule has 1 saturated heterocycles. The molecule has 0 aromatic carbocycles. The van der Waals surface area contributed by atoms with E-state index in [4.69, 9.17) is 19.8 Å². The molecule has 1 fully saturated rings. The molecular formula is C18H22N6O5S. The van der Waals surface area contributed by atoms with Crippen LogP contribution in [0.5, 0.6) is 5.88 Å². The van der Waals surface area contributed by atoms with Crippen molar-refractivity contribution in [2.45, 2.75) is 43.3 Å². The van der Waals surface area contributed by atoms with Crippen molar-refractivity contribution in [1.29, 1.82) is 0 Å². The standard InChI is InChI=1S/C18H22N6O5S/c25-18(26)29-14-10-23-4-5-24(9-13(23)21-14)17-20-12-3-8-30(27)15(12)16(22-17)19-11-1-6-28-7-2-11/h10-11H,1-9H2,(H,25,26)(H,19,20,22). The van der Waals surface area contributed by atoms with Crippen LogP contribution >= 0.6 is 0 Å². The first kappa shape index (κ1) is 19.4. The third-order valence-corrected chi connectivity index (χ3v) is 6.95. The molecule has 3 aliphatic heterocycles. The number of carbonyl (C=O) groups is 1. The summed E-state index contributed by atoms with van der Waals surface area (Å²) in [7, 11) is 0. The van der Waals surface area contributed by atoms with Gasteiger partial charge in [-0.3, -0.25) is 0 Å². The minimum Gasteiger partial charge on any atom is -0.611 e. The SMILES string of the molecule is O=C(O)Oc1cn2c(n1)CN(c1nc3c(c(NC4CCOCC4)n1)[S+]([O-])CC3)CC2. The lowest BCUT2D eigenvalue weighted by molar-refractivity contribution is 0.0903. The Morgan fingerprint density at radius 1 is 1.30 bits per heavy atom. The molecule has 0 aliphatic carbocycles. The van der Waals surface area contributed by atoms with Gasteiger partial charge in [-0.2, -0.15) is 9.97 Å². The van der Waals surface area contributed by atoms with Crippen LogP contribution in [0, 0.1) is 0 Å². The monoisotopic (exact) mass is 434 g/mol. The van der Waals surface area contributed by atoms with Gasteiger partial charge in [0.15, 0.2) is 5.82 Å². The molecule has 30 heavy (non-hydrogen) atoms. The predicted octanol–water partition coefficient (Wildman–Crippen LogP) is 1.00. The van der Waals surface area contributed by atoms with E-state index < -0.39 is 17.3 Å². The van der Waals surface area contributed by atoms with Crippen molar-refractivity contribution in [2.75, 3.05) is 35.7 Å². The number of hydrogen-bond donors (Lipinski definition) is 2. The maximum absolute atomic E-state index is 12.5. The van der Waals surface area contributed by atoms with Crippen molar-refractivity contribution < 1.29 is 23.9 Å². The lowest BCUT2D eigenvalue weighted by Gasteiger charge is -2.29. The summed E-state index contributed by atoms with van der Waals surface area (Å²) in [5.41, 5.74) is 0.830. The second-order valence-electron chi connectivity index (χ2n) is 7.46. The summed E-state index contributed by atoms with van der Waals surface area (Å²) in [6.07, 6.45) is 2.63. The van der Waals surface area contributed by atoms with E-state index in [1.54, 1.807) is 6.20 Å². The normalized spacial score (nSPS) is 21.2. The fraction of sp³-hybridized carbons (Fsp3) is 0.556. The third kappa shape index (κ3) is 3.77. The number of imidazole rings is 1. The molecule has 0 bridgehead atoms. The van der Waals surface area contributed by atoms with Gasteiger partial charge in [-0.05, 0) is 24.0 Å². The number of nitrogens with one attached hydrogen (secondary N) is 1. The number of fused-ring (bicyclic) bond motifs is 2. The second kappa shape index (κ2) is 7.93. The van der Waals surface area contributed by atoms with Gasteiger partial charge in [0.25, 0.3) is 0 Å². The number of carboxylic acid groups (broad SMARTS) is 1. The van der Waals surface area contributed by atoms with E-state index in [-0.39, 0.29) is 11.9 Å². The molecule has 11 nitrogen and oxygen atoms in total. The highest BCUT2D eigenvalue weighted by Gasteiger charge is 2.34. The van der Waals surface area contributed by atoms with Crippen molar-refractivity contribution in [1.82, 2.24) is 19.5 Å². The van der Waals surface area contributed by atoms with Crippen LogP contribution in [-0.2, 0) is 35.4 Å². The van der Waals surface area contributed by atoms with Crippen LogP contribution in [0.1, 0.15) is 24.4 Å². The van der Waals surface area contributed by atoms with E-state index in [2.05, 4.69) is 15.0 Å². The Bertz CT molecular complexity index is 963. The molecule has 1 unspecified atom stereocenters. The van der Waals surface area contributed by atoms with Gasteiger partial charge in [-0.1, -0.05) is 0 Å². The Balaban J connectivity index is 1.41. The molecule has 0 saturated carbocycles. The molecule has 0 amide bonds. The Hall–Kier alpha value is -2.57. The first-order valence-electron chi connectivity index (χ1n) is 9.92. The average molecular weight is 434 g/mol. The van der Waals surface area contributed by atoms with Crippen LogP contribution in [0.2, 0.25) is 0 Å². The Morgan fingerprint density at radius 3 is 2.93 bits per heavy atom. The van der Waals surface area contributed by atoms with E-state index in [1.165, 1.54) is 0 Å². The minimum atomic E-state index is -1.39. The van der Waals surface area contributed by atoms with Crippen molar-refractivity contribution in [3.63, 3.8) is 0 Å². The average Bonchev–Trinajstić information content (AvgIpc) is 3.30. The highest BCUT2D eigenvalue weighted by atomic mass is 32.2. The summed E-state index contributed by atoms with van der Waals surface area (Å²) in [5.74, 6) is 2.53. The second-order valence-corrected chi connectivity index (χ2v) is 8.96. The number of nitrogens with zero attached hydrogens (tertiary/aromatic N) is 5. The van der Waals surface area contributed by atoms with Gasteiger partial charge in [-0.25, -0.2) is 9.78 Å². The van der Waals surface area contributed by atoms with Gasteiger partial charge in [0, 0.05) is 38.8 Å². The summed E-state index contributed by atoms with van der Waals surface area (Å²) in [6.45, 7) is 3.10. The van der Waals surface area contributed by atoms with Crippen LogP contribution < -0.4 is 15.0 Å². The predicted molar refractivity (Wildman–Crippen MR) is 106 cm³/mol. The summed E-state index contributed by atoms with van der Waals surface area (Å²) in [6, 6.07) is 0.235. The number of ether oxygens (including phenoxy) is 2. The molecule has 2 aromatic rings. The highest BCUT2D eigenvalue weighted by Crippen LogP contribution is 2.34. The van der Waals surface area contributed by atoms with Crippen molar-refractivity contribution in [3.05, 3.63) is 17.7 Å². The van der Waals surface area contributed by atoms with Gasteiger partial charge in [0.2, 0.25) is 16.7 Å². The number of aryl methyl sites for hydroxylation is 1. The zero-order valence-electron chi connectivity index (χ0n) is 16.2. The third-order valence-electron chi connectivity index (χ3n) is 5.49. The highest BCUT2D eigenvalue weighted by molar-refractivity contribution is 7.91. The number of rotatable bonds is 4. The summed E-state index contributed by atoms with van der Waals surface area (Å²) >= 11 is -1.09. The van der Waals surface area contributed by atoms with Crippen molar-refractivity contribution in [3.8, 4) is 5.88 Å². The molecule has 5 heterocycles. The Labute approximate surface area is 175 Å². The maximum atomic E-state index is 12.5. The molecule has 3 aliphatic rings. The molecule has 2 N–H and O–H groups in total. The first-order valence-corrected chi connectivity index (χ1v) is 11.2. The fourth-order valence-corrected chi connectivity index (χ4v) is 5.31. The van der Waals surface area contributed by atoms with E-state index in [0.717, 1.165) is 23.4 Å². The number of aromatic nitrogens is 4. The summed E-state index contributed by atoms with van der Waals surface area (Å²) < 4.78 is 24.5. The number of anilines is 2. The Kier molecular flexibility index (Phi) is 5.13. The molecular weight excluding hydrogens is 412 g/mol. The van der Waals surface area contributed by atoms with Crippen molar-refractivity contribution >= 4 is 29.1 Å². The van der Waals surface area contributed by atoms with E-state index in [1.807, 2.05) is 9.47 Å². The van der Waals surface area contributed by atoms with Gasteiger partial charge < -0.3 is 33.9 Å². The lowest BCUT2D eigenvalue weighted by Crippen LogP contribution is -2.35. The van der Waals surface area contributed by atoms with Crippen LogP contribution in [-0.4, -0.2) is 66.9 Å². The van der Waals surface area contributed by atoms with E-state index in [0.29, 0.717) is 62.6 Å². The fourth-order valence-electron chi connectivity index (χ4n) is 3.99. The largest absolute Gasteiger partial charge is 0.611 e. The quantitative estimate of drug-likeness (QED) is 0.529. The maximum Gasteiger partial charge on any atom is 0.512 e. The minimum absolute atomic E-state index is 0.0616. The first-order chi connectivity index (χ1) is 14.6. The van der Waals surface area contributed by atoms with Gasteiger partial charge in [0.1, 0.15) is 17.3 Å². The molecule has 2 aromatic heterocycles. The molecule has 160 valence electrons. The summed E-state index contributed by atoms with van der Waals surface area (Å²) in [4.78, 5) is 27.2. The smallest absolute Gasteiger partial charge is 0.512 e. The van der Waals surface area contributed by atoms with Crippen LogP contribution in [0.3, 0.4) is 0 Å². The number of hydrogen-bond acceptors (Lipinski definition) is 9. The molecule has 0 spiro atoms. The van der Waals surface area contributed by atoms with Gasteiger partial charge in [-0.15, -0.1) is 0 Å². The van der Waals surface area contributed by atoms with Crippen LogP contribution in [0.4, 0.5) is 16.6 Å². The summed E-state index contributed by atoms with van der Waals surface area (Å²) in [5, 5.41) is 12.3. The zero-order valence-corrected chi connectivity index (χ0v) is 17.1. The van der Waals surface area contributed by atoms with Gasteiger partial charge in [0.05, 0.1) is 12.7 Å². The van der Waals surface area contributed by atoms with Gasteiger partial charge >= 0.3 is 6.16 Å². The molecule has 0 radical (unpaired) electrons. The lowest BCUT2D eigenvalue weighted by atomic mass is 10.1.